The summed E-state index contributed by atoms with van der Waals surface area (Å²) in [5, 5.41) is 20.3. The average molecular weight is 663 g/mol. The first-order chi connectivity index (χ1) is 20.3. The third-order valence-corrected chi connectivity index (χ3v) is 10.4. The van der Waals surface area contributed by atoms with Gasteiger partial charge in [0, 0.05) is 4.47 Å². The van der Waals surface area contributed by atoms with Crippen LogP contribution in [-0.4, -0.2) is 65.6 Å². The van der Waals surface area contributed by atoms with E-state index in [1.54, 1.807) is 0 Å². The largest absolute Gasteiger partial charge is 0.481 e. The van der Waals surface area contributed by atoms with E-state index in [1.165, 1.54) is 0 Å². The van der Waals surface area contributed by atoms with E-state index in [-0.39, 0.29) is 47.2 Å². The van der Waals surface area contributed by atoms with Gasteiger partial charge in [0.2, 0.25) is 18.1 Å². The molecular formula is C29H44BBrN6O6. The number of hydrogen-bond acceptors (Lipinski definition) is 8. The first-order valence-electron chi connectivity index (χ1n) is 15.4. The maximum Gasteiger partial charge on any atom is 0.481 e. The Morgan fingerprint density at radius 3 is 2.56 bits per heavy atom. The van der Waals surface area contributed by atoms with Crippen LogP contribution in [0.25, 0.3) is 0 Å². The molecule has 0 spiro atoms. The molecular weight excluding hydrogens is 619 g/mol. The van der Waals surface area contributed by atoms with Crippen molar-refractivity contribution in [2.45, 2.75) is 103 Å². The number of halogens is 1. The first kappa shape index (κ1) is 32.1. The highest BCUT2D eigenvalue weighted by Crippen LogP contribution is 2.65. The number of hydrazine groups is 2. The number of amides is 2. The number of nitrogens with zero attached hydrogens (tertiary/aromatic N) is 2. The molecule has 1 unspecified atom stereocenters. The number of carbonyl (C=O) groups excluding carboxylic acids is 2. The van der Waals surface area contributed by atoms with Gasteiger partial charge in [-0.15, -0.1) is 5.43 Å². The van der Waals surface area contributed by atoms with Crippen LogP contribution in [0.2, 0.25) is 0 Å². The zero-order valence-electron chi connectivity index (χ0n) is 25.6. The highest BCUT2D eigenvalue weighted by Gasteiger charge is 2.68. The minimum atomic E-state index is -0.788. The van der Waals surface area contributed by atoms with Crippen molar-refractivity contribution in [3.8, 4) is 0 Å². The van der Waals surface area contributed by atoms with Gasteiger partial charge in [0.1, 0.15) is 6.04 Å². The second kappa shape index (κ2) is 12.6. The number of carbonyl (C=O) groups is 2. The molecule has 2 saturated heterocycles. The lowest BCUT2D eigenvalue weighted by Crippen LogP contribution is -2.65. The standard InChI is InChI=1S/C29H44BBrN6O6/c1-17(2)13-24(30-42-23-16-19-15-22(28(19,3)4)29(23,5)43-30)34-26(39)21(7-6-12-32-27-35-36(27)37(40)41)33-25(38)14-18-8-10-20(31)11-9-18/h8-11,17,19,21-24,27,32,35H,6-7,12-16H2,1-5H3,(H,33,38)(H,34,39)/t19-,21-,22-,23+,24-,27?,29-,36?/m0/s1. The molecule has 4 N–H and O–H groups in total. The van der Waals surface area contributed by atoms with E-state index >= 15 is 0 Å². The second-order valence-corrected chi connectivity index (χ2v) is 14.6. The lowest BCUT2D eigenvalue weighted by atomic mass is 9.43. The molecule has 1 aromatic rings. The summed E-state index contributed by atoms with van der Waals surface area (Å²) in [7, 11) is -0.564. The summed E-state index contributed by atoms with van der Waals surface area (Å²) >= 11 is 3.41. The Balaban J connectivity index is 1.23. The van der Waals surface area contributed by atoms with Crippen molar-refractivity contribution < 1.29 is 23.9 Å². The SMILES string of the molecule is CC(C)C[C@H](NC(=O)[C@H](CCCNC1NN1[N+](=O)[O-])NC(=O)Cc1ccc(Br)cc1)B1O[C@@H]2C[C@@H]3C[C@@H](C3(C)C)[C@]2(C)O1. The van der Waals surface area contributed by atoms with Crippen LogP contribution in [0, 0.1) is 33.3 Å². The number of nitrogens with one attached hydrogen (secondary N) is 4. The molecule has 14 heteroatoms. The fraction of sp³-hybridized carbons (Fsp3) is 0.724. The van der Waals surface area contributed by atoms with Gasteiger partial charge in [-0.2, -0.15) is 0 Å². The molecule has 12 nitrogen and oxygen atoms in total. The van der Waals surface area contributed by atoms with Crippen molar-refractivity contribution in [1.29, 1.82) is 0 Å². The van der Waals surface area contributed by atoms with Crippen LogP contribution in [-0.2, 0) is 25.3 Å². The summed E-state index contributed by atoms with van der Waals surface area (Å²) in [6.45, 7) is 11.4. The van der Waals surface area contributed by atoms with Crippen molar-refractivity contribution >= 4 is 34.9 Å². The molecule has 2 bridgehead atoms. The maximum absolute atomic E-state index is 13.8. The summed E-state index contributed by atoms with van der Waals surface area (Å²) in [5.41, 5.74) is 3.26. The molecule has 0 aromatic heterocycles. The lowest BCUT2D eigenvalue weighted by molar-refractivity contribution is -0.627. The Bertz CT molecular complexity index is 1210. The van der Waals surface area contributed by atoms with E-state index < -0.39 is 24.5 Å². The number of hydrogen-bond donors (Lipinski definition) is 4. The fourth-order valence-corrected chi connectivity index (χ4v) is 7.58. The van der Waals surface area contributed by atoms with Crippen LogP contribution in [0.5, 0.6) is 0 Å². The highest BCUT2D eigenvalue weighted by atomic mass is 79.9. The first-order valence-corrected chi connectivity index (χ1v) is 16.2. The van der Waals surface area contributed by atoms with Crippen molar-refractivity contribution in [3.63, 3.8) is 0 Å². The zero-order chi connectivity index (χ0) is 31.1. The second-order valence-electron chi connectivity index (χ2n) is 13.7. The summed E-state index contributed by atoms with van der Waals surface area (Å²) in [4.78, 5) is 37.7. The molecule has 236 valence electrons. The maximum atomic E-state index is 13.8. The van der Waals surface area contributed by atoms with Gasteiger partial charge in [-0.25, -0.2) is 10.1 Å². The van der Waals surface area contributed by atoms with E-state index in [1.807, 2.05) is 24.3 Å². The molecule has 43 heavy (non-hydrogen) atoms. The van der Waals surface area contributed by atoms with Crippen LogP contribution in [0.3, 0.4) is 0 Å². The van der Waals surface area contributed by atoms with Gasteiger partial charge >= 0.3 is 7.12 Å². The van der Waals surface area contributed by atoms with Crippen molar-refractivity contribution in [2.75, 3.05) is 6.54 Å². The van der Waals surface area contributed by atoms with Crippen LogP contribution in [0.15, 0.2) is 28.7 Å². The predicted octanol–water partition coefficient (Wildman–Crippen LogP) is 2.94. The van der Waals surface area contributed by atoms with E-state index in [4.69, 9.17) is 9.31 Å². The molecule has 1 aromatic carbocycles. The summed E-state index contributed by atoms with van der Waals surface area (Å²) in [5.74, 6) is 0.399. The minimum Gasteiger partial charge on any atom is -0.404 e. The molecule has 2 heterocycles. The Hall–Kier alpha value is -2.26. The lowest BCUT2D eigenvalue weighted by Gasteiger charge is -2.64. The quantitative estimate of drug-likeness (QED) is 0.0773. The van der Waals surface area contributed by atoms with Gasteiger partial charge in [-0.05, 0) is 91.6 Å². The number of nitro groups is 1. The van der Waals surface area contributed by atoms with E-state index in [2.05, 4.69) is 71.9 Å². The van der Waals surface area contributed by atoms with Gasteiger partial charge in [0.25, 0.3) is 0 Å². The Morgan fingerprint density at radius 1 is 1.21 bits per heavy atom. The molecule has 2 aliphatic heterocycles. The fourth-order valence-electron chi connectivity index (χ4n) is 7.31. The van der Waals surface area contributed by atoms with E-state index in [0.717, 1.165) is 28.0 Å². The van der Waals surface area contributed by atoms with E-state index in [0.29, 0.717) is 37.6 Å². The summed E-state index contributed by atoms with van der Waals surface area (Å²) in [6.07, 6.45) is 3.26. The molecule has 5 aliphatic rings. The van der Waals surface area contributed by atoms with Crippen LogP contribution in [0.4, 0.5) is 0 Å². The van der Waals surface area contributed by atoms with Gasteiger partial charge in [0.15, 0.2) is 5.03 Å². The van der Waals surface area contributed by atoms with Crippen LogP contribution in [0.1, 0.15) is 72.3 Å². The van der Waals surface area contributed by atoms with E-state index in [9.17, 15) is 19.7 Å². The normalized spacial score (nSPS) is 29.8. The summed E-state index contributed by atoms with van der Waals surface area (Å²) < 4.78 is 14.2. The summed E-state index contributed by atoms with van der Waals surface area (Å²) in [6, 6.07) is 6.70. The molecule has 7 atom stereocenters. The van der Waals surface area contributed by atoms with Gasteiger partial charge in [0.05, 0.1) is 24.1 Å². The average Bonchev–Trinajstić information content (AvgIpc) is 3.62. The predicted molar refractivity (Wildman–Crippen MR) is 164 cm³/mol. The van der Waals surface area contributed by atoms with Crippen LogP contribution >= 0.6 is 15.9 Å². The minimum absolute atomic E-state index is 0.00286. The van der Waals surface area contributed by atoms with Gasteiger partial charge < -0.3 is 19.9 Å². The third kappa shape index (κ3) is 7.03. The van der Waals surface area contributed by atoms with Crippen molar-refractivity contribution in [3.05, 3.63) is 44.4 Å². The third-order valence-electron chi connectivity index (χ3n) is 9.89. The smallest absolute Gasteiger partial charge is 0.404 e. The van der Waals surface area contributed by atoms with Gasteiger partial charge in [-0.1, -0.05) is 55.8 Å². The molecule has 0 radical (unpaired) electrons. The van der Waals surface area contributed by atoms with Crippen molar-refractivity contribution in [2.24, 2.45) is 23.2 Å². The molecule has 6 rings (SSSR count). The molecule has 2 amide bonds. The molecule has 3 saturated carbocycles. The number of benzene rings is 1. The molecule has 3 aliphatic carbocycles. The van der Waals surface area contributed by atoms with Crippen molar-refractivity contribution in [1.82, 2.24) is 26.5 Å². The Labute approximate surface area is 262 Å². The van der Waals surface area contributed by atoms with Crippen LogP contribution < -0.4 is 21.4 Å². The Morgan fingerprint density at radius 2 is 1.93 bits per heavy atom. The molecule has 5 fully saturated rings. The Kier molecular flexibility index (Phi) is 9.44. The van der Waals surface area contributed by atoms with Gasteiger partial charge in [-0.3, -0.25) is 14.9 Å². The zero-order valence-corrected chi connectivity index (χ0v) is 27.2. The topological polar surface area (TPSA) is 157 Å². The monoisotopic (exact) mass is 662 g/mol. The number of rotatable bonds is 14. The highest BCUT2D eigenvalue weighted by molar-refractivity contribution is 9.10.